The van der Waals surface area contributed by atoms with Crippen LogP contribution in [0, 0.1) is 12.8 Å². The van der Waals surface area contributed by atoms with Crippen molar-refractivity contribution in [2.75, 3.05) is 25.2 Å². The Morgan fingerprint density at radius 2 is 1.90 bits per heavy atom. The minimum Gasteiger partial charge on any atom is -0.493 e. The highest BCUT2D eigenvalue weighted by Crippen LogP contribution is 2.18. The highest BCUT2D eigenvalue weighted by molar-refractivity contribution is 14.0. The summed E-state index contributed by atoms with van der Waals surface area (Å²) in [5.41, 5.74) is 1.18. The van der Waals surface area contributed by atoms with Crippen LogP contribution in [0.3, 0.4) is 0 Å². The van der Waals surface area contributed by atoms with Crippen molar-refractivity contribution in [2.45, 2.75) is 46.7 Å². The van der Waals surface area contributed by atoms with Crippen molar-refractivity contribution in [3.8, 4) is 5.75 Å². The average Bonchev–Trinajstić information content (AvgIpc) is 3.05. The van der Waals surface area contributed by atoms with Gasteiger partial charge in [-0.1, -0.05) is 26.0 Å². The third kappa shape index (κ3) is 9.67. The molecule has 7 nitrogen and oxygen atoms in total. The molecule has 0 amide bonds. The maximum absolute atomic E-state index is 5.79. The number of hydrogen-bond acceptors (Lipinski definition) is 5. The Bertz CT molecular complexity index is 794. The second kappa shape index (κ2) is 14.5. The molecule has 2 rings (SSSR count). The van der Waals surface area contributed by atoms with Crippen molar-refractivity contribution in [1.82, 2.24) is 25.4 Å². The number of aromatic nitrogens is 3. The van der Waals surface area contributed by atoms with Gasteiger partial charge in [-0.2, -0.15) is 11.8 Å². The molecular formula is C22H37IN6OS. The van der Waals surface area contributed by atoms with E-state index in [9.17, 15) is 0 Å². The molecule has 0 aliphatic rings. The van der Waals surface area contributed by atoms with Crippen LogP contribution in [0.25, 0.3) is 0 Å². The minimum absolute atomic E-state index is 0. The number of thioether (sulfide) groups is 1. The maximum Gasteiger partial charge on any atom is 0.192 e. The second-order valence-electron chi connectivity index (χ2n) is 7.80. The Kier molecular flexibility index (Phi) is 12.9. The normalized spacial score (nSPS) is 12.4. The second-order valence-corrected chi connectivity index (χ2v) is 8.79. The first-order valence-electron chi connectivity index (χ1n) is 10.5. The summed E-state index contributed by atoms with van der Waals surface area (Å²) in [5, 5.41) is 15.3. The molecule has 0 bridgehead atoms. The van der Waals surface area contributed by atoms with Gasteiger partial charge < -0.3 is 19.9 Å². The molecule has 0 radical (unpaired) electrons. The number of benzene rings is 1. The quantitative estimate of drug-likeness (QED) is 0.185. The number of hydrogen-bond donors (Lipinski definition) is 2. The first-order chi connectivity index (χ1) is 14.4. The van der Waals surface area contributed by atoms with E-state index in [1.54, 1.807) is 0 Å². The molecule has 1 aromatic carbocycles. The summed E-state index contributed by atoms with van der Waals surface area (Å²) in [6.45, 7) is 10.5. The average molecular weight is 561 g/mol. The molecule has 0 fully saturated rings. The number of nitrogens with one attached hydrogen (secondary N) is 2. The molecule has 31 heavy (non-hydrogen) atoms. The van der Waals surface area contributed by atoms with E-state index in [0.29, 0.717) is 12.5 Å². The molecule has 1 heterocycles. The molecule has 0 saturated carbocycles. The molecule has 1 aromatic heterocycles. The fourth-order valence-electron chi connectivity index (χ4n) is 2.72. The number of halogens is 1. The largest absolute Gasteiger partial charge is 0.493 e. The van der Waals surface area contributed by atoms with Gasteiger partial charge in [0.1, 0.15) is 18.1 Å². The fraction of sp³-hybridized carbons (Fsp3) is 0.591. The van der Waals surface area contributed by atoms with Gasteiger partial charge >= 0.3 is 0 Å². The van der Waals surface area contributed by atoms with Crippen LogP contribution in [0.4, 0.5) is 0 Å². The van der Waals surface area contributed by atoms with Gasteiger partial charge in [0.05, 0.1) is 12.6 Å². The van der Waals surface area contributed by atoms with Crippen LogP contribution in [0.2, 0.25) is 0 Å². The van der Waals surface area contributed by atoms with Crippen LogP contribution in [0.15, 0.2) is 29.3 Å². The standard InChI is InChI=1S/C22H36N6OS.HI/c1-16(2)15-29-20-10-8-19(9-11-20)17(3)25-22(23-12-7-13-30-6)24-14-21-27-26-18(4)28(21)5;/h8-11,16-17H,7,12-15H2,1-6H3,(H2,23,24,25);1H. The number of aliphatic imine (C=N–C) groups is 1. The third-order valence-corrected chi connectivity index (χ3v) is 5.39. The molecule has 2 aromatic rings. The van der Waals surface area contributed by atoms with Crippen molar-refractivity contribution in [3.05, 3.63) is 41.5 Å². The van der Waals surface area contributed by atoms with E-state index in [4.69, 9.17) is 9.73 Å². The van der Waals surface area contributed by atoms with E-state index in [1.807, 2.05) is 42.4 Å². The Hall–Kier alpha value is -1.49. The van der Waals surface area contributed by atoms with Gasteiger partial charge in [-0.05, 0) is 55.9 Å². The summed E-state index contributed by atoms with van der Waals surface area (Å²) in [6, 6.07) is 8.37. The van der Waals surface area contributed by atoms with Crippen molar-refractivity contribution in [1.29, 1.82) is 0 Å². The van der Waals surface area contributed by atoms with Gasteiger partial charge in [0.2, 0.25) is 0 Å². The summed E-state index contributed by atoms with van der Waals surface area (Å²) >= 11 is 1.85. The van der Waals surface area contributed by atoms with Crippen LogP contribution >= 0.6 is 35.7 Å². The molecule has 0 saturated heterocycles. The molecule has 174 valence electrons. The summed E-state index contributed by atoms with van der Waals surface area (Å²) in [7, 11) is 1.96. The first kappa shape index (κ1) is 27.5. The summed E-state index contributed by atoms with van der Waals surface area (Å²) in [4.78, 5) is 4.74. The molecule has 1 atom stereocenters. The lowest BCUT2D eigenvalue weighted by Gasteiger charge is -2.19. The van der Waals surface area contributed by atoms with Gasteiger partial charge in [-0.3, -0.25) is 0 Å². The Morgan fingerprint density at radius 1 is 1.19 bits per heavy atom. The van der Waals surface area contributed by atoms with E-state index >= 15 is 0 Å². The van der Waals surface area contributed by atoms with E-state index in [1.165, 1.54) is 5.56 Å². The summed E-state index contributed by atoms with van der Waals surface area (Å²) in [5.74, 6) is 5.05. The number of aryl methyl sites for hydroxylation is 1. The van der Waals surface area contributed by atoms with Gasteiger partial charge in [-0.25, -0.2) is 4.99 Å². The number of guanidine groups is 1. The van der Waals surface area contributed by atoms with E-state index < -0.39 is 0 Å². The van der Waals surface area contributed by atoms with Gasteiger partial charge in [0.25, 0.3) is 0 Å². The number of ether oxygens (including phenoxy) is 1. The topological polar surface area (TPSA) is 76.4 Å². The lowest BCUT2D eigenvalue weighted by Crippen LogP contribution is -2.39. The fourth-order valence-corrected chi connectivity index (χ4v) is 3.15. The Labute approximate surface area is 208 Å². The molecular weight excluding hydrogens is 523 g/mol. The smallest absolute Gasteiger partial charge is 0.192 e. The Balaban J connectivity index is 0.00000480. The number of nitrogens with zero attached hydrogens (tertiary/aromatic N) is 4. The van der Waals surface area contributed by atoms with E-state index in [2.05, 4.69) is 60.0 Å². The van der Waals surface area contributed by atoms with Crippen LogP contribution < -0.4 is 15.4 Å². The monoisotopic (exact) mass is 560 g/mol. The molecule has 0 spiro atoms. The highest BCUT2D eigenvalue weighted by atomic mass is 127. The molecule has 2 N–H and O–H groups in total. The third-order valence-electron chi connectivity index (χ3n) is 4.70. The van der Waals surface area contributed by atoms with Crippen molar-refractivity contribution >= 4 is 41.7 Å². The zero-order valence-electron chi connectivity index (χ0n) is 19.5. The lowest BCUT2D eigenvalue weighted by atomic mass is 10.1. The molecule has 0 aliphatic carbocycles. The first-order valence-corrected chi connectivity index (χ1v) is 11.9. The van der Waals surface area contributed by atoms with Crippen LogP contribution in [-0.2, 0) is 13.6 Å². The van der Waals surface area contributed by atoms with Gasteiger partial charge in [-0.15, -0.1) is 34.2 Å². The molecule has 0 aliphatic heterocycles. The van der Waals surface area contributed by atoms with Crippen molar-refractivity contribution in [3.63, 3.8) is 0 Å². The zero-order chi connectivity index (χ0) is 21.9. The van der Waals surface area contributed by atoms with Crippen molar-refractivity contribution < 1.29 is 4.74 Å². The lowest BCUT2D eigenvalue weighted by molar-refractivity contribution is 0.271. The van der Waals surface area contributed by atoms with E-state index in [-0.39, 0.29) is 30.0 Å². The predicted octanol–water partition coefficient (Wildman–Crippen LogP) is 4.33. The van der Waals surface area contributed by atoms with Crippen LogP contribution in [0.1, 0.15) is 50.4 Å². The summed E-state index contributed by atoms with van der Waals surface area (Å²) < 4.78 is 7.75. The van der Waals surface area contributed by atoms with Gasteiger partial charge in [0, 0.05) is 13.6 Å². The minimum atomic E-state index is 0. The van der Waals surface area contributed by atoms with Gasteiger partial charge in [0.15, 0.2) is 11.8 Å². The summed E-state index contributed by atoms with van der Waals surface area (Å²) in [6.07, 6.45) is 3.21. The SMILES string of the molecule is CSCCCNC(=NCc1nnc(C)n1C)NC(C)c1ccc(OCC(C)C)cc1.I. The zero-order valence-corrected chi connectivity index (χ0v) is 22.7. The number of rotatable bonds is 11. The molecule has 1 unspecified atom stereocenters. The van der Waals surface area contributed by atoms with Crippen LogP contribution in [0.5, 0.6) is 5.75 Å². The predicted molar refractivity (Wildman–Crippen MR) is 142 cm³/mol. The molecule has 9 heteroatoms. The highest BCUT2D eigenvalue weighted by Gasteiger charge is 2.10. The van der Waals surface area contributed by atoms with E-state index in [0.717, 1.165) is 48.7 Å². The maximum atomic E-state index is 5.79. The van der Waals surface area contributed by atoms with Crippen LogP contribution in [-0.4, -0.2) is 45.9 Å². The Morgan fingerprint density at radius 3 is 2.48 bits per heavy atom. The van der Waals surface area contributed by atoms with Crippen molar-refractivity contribution in [2.24, 2.45) is 18.0 Å².